The fourth-order valence-electron chi connectivity index (χ4n) is 1.18. The second kappa shape index (κ2) is 9.20. The number of ether oxygens (including phenoxy) is 1. The molecule has 1 aromatic rings. The minimum Gasteiger partial charge on any atom is -0.474 e. The van der Waals surface area contributed by atoms with Gasteiger partial charge in [0.2, 0.25) is 5.88 Å². The van der Waals surface area contributed by atoms with E-state index in [2.05, 4.69) is 4.98 Å². The summed E-state index contributed by atoms with van der Waals surface area (Å²) >= 11 is 0. The Morgan fingerprint density at radius 1 is 1.12 bits per heavy atom. The van der Waals surface area contributed by atoms with Crippen molar-refractivity contribution < 1.29 is 4.74 Å². The summed E-state index contributed by atoms with van der Waals surface area (Å²) in [5, 5.41) is 0. The summed E-state index contributed by atoms with van der Waals surface area (Å²) in [6.07, 6.45) is 5.95. The highest BCUT2D eigenvalue weighted by Gasteiger charge is 2.19. The van der Waals surface area contributed by atoms with Crippen molar-refractivity contribution in [1.29, 1.82) is 0 Å². The Balaban J connectivity index is 0.000000509. The molecule has 0 radical (unpaired) electrons. The molecule has 0 saturated heterocycles. The zero-order valence-electron chi connectivity index (χ0n) is 11.3. The molecule has 92 valence electrons. The van der Waals surface area contributed by atoms with Crippen molar-refractivity contribution in [3.8, 4) is 5.88 Å². The van der Waals surface area contributed by atoms with E-state index in [-0.39, 0.29) is 0 Å². The molecule has 0 aromatic carbocycles. The molecule has 2 nitrogen and oxygen atoms in total. The van der Waals surface area contributed by atoms with Crippen LogP contribution < -0.4 is 4.74 Å². The van der Waals surface area contributed by atoms with Gasteiger partial charge in [-0.15, -0.1) is 0 Å². The summed E-state index contributed by atoms with van der Waals surface area (Å²) in [7, 11) is 0. The molecule has 1 aliphatic rings. The molecule has 0 bridgehead atoms. The number of hydrogen-bond donors (Lipinski definition) is 0. The molecule has 0 aliphatic heterocycles. The van der Waals surface area contributed by atoms with E-state index in [4.69, 9.17) is 4.74 Å². The molecular formula is C14H25NO. The standard InChI is InChI=1S/C10H13NO.2C2H6/c1-8-5-6-10(11-7-8)12-9-3-2-4-9;2*1-2/h5-7,9H,2-4H2,1H3;2*1-2H3. The molecule has 16 heavy (non-hydrogen) atoms. The van der Waals surface area contributed by atoms with Gasteiger partial charge >= 0.3 is 0 Å². The van der Waals surface area contributed by atoms with Crippen molar-refractivity contribution in [3.05, 3.63) is 23.9 Å². The highest BCUT2D eigenvalue weighted by Crippen LogP contribution is 2.23. The maximum Gasteiger partial charge on any atom is 0.213 e. The normalized spacial score (nSPS) is 13.6. The largest absolute Gasteiger partial charge is 0.474 e. The summed E-state index contributed by atoms with van der Waals surface area (Å²) in [4.78, 5) is 4.18. The maximum absolute atomic E-state index is 5.59. The van der Waals surface area contributed by atoms with Crippen molar-refractivity contribution in [3.63, 3.8) is 0 Å². The van der Waals surface area contributed by atoms with Crippen LogP contribution >= 0.6 is 0 Å². The molecule has 0 atom stereocenters. The predicted molar refractivity (Wildman–Crippen MR) is 69.9 cm³/mol. The summed E-state index contributed by atoms with van der Waals surface area (Å²) in [5.41, 5.74) is 1.18. The summed E-state index contributed by atoms with van der Waals surface area (Å²) in [6.45, 7) is 10.0. The van der Waals surface area contributed by atoms with Gasteiger partial charge in [-0.2, -0.15) is 0 Å². The van der Waals surface area contributed by atoms with Crippen molar-refractivity contribution in [2.45, 2.75) is 60.0 Å². The van der Waals surface area contributed by atoms with Crippen molar-refractivity contribution in [2.24, 2.45) is 0 Å². The van der Waals surface area contributed by atoms with Gasteiger partial charge in [0.15, 0.2) is 0 Å². The fourth-order valence-corrected chi connectivity index (χ4v) is 1.18. The molecule has 2 rings (SSSR count). The quantitative estimate of drug-likeness (QED) is 0.742. The van der Waals surface area contributed by atoms with E-state index in [1.165, 1.54) is 24.8 Å². The Morgan fingerprint density at radius 2 is 1.75 bits per heavy atom. The lowest BCUT2D eigenvalue weighted by Gasteiger charge is -2.25. The number of aryl methyl sites for hydroxylation is 1. The van der Waals surface area contributed by atoms with E-state index in [1.807, 2.05) is 52.9 Å². The third-order valence-corrected chi connectivity index (χ3v) is 2.22. The predicted octanol–water partition coefficient (Wildman–Crippen LogP) is 4.37. The molecule has 1 saturated carbocycles. The van der Waals surface area contributed by atoms with Crippen LogP contribution in [0.15, 0.2) is 18.3 Å². The highest BCUT2D eigenvalue weighted by molar-refractivity contribution is 5.16. The van der Waals surface area contributed by atoms with Gasteiger partial charge < -0.3 is 4.74 Å². The first kappa shape index (κ1) is 14.9. The molecular weight excluding hydrogens is 198 g/mol. The van der Waals surface area contributed by atoms with E-state index in [1.54, 1.807) is 0 Å². The van der Waals surface area contributed by atoms with Crippen molar-refractivity contribution in [2.75, 3.05) is 0 Å². The lowest BCUT2D eigenvalue weighted by molar-refractivity contribution is 0.114. The molecule has 1 heterocycles. The van der Waals surface area contributed by atoms with Gasteiger partial charge in [-0.05, 0) is 31.7 Å². The Bertz CT molecular complexity index is 252. The van der Waals surface area contributed by atoms with Gasteiger partial charge in [-0.1, -0.05) is 33.8 Å². The summed E-state index contributed by atoms with van der Waals surface area (Å²) in [6, 6.07) is 3.97. The maximum atomic E-state index is 5.59. The lowest BCUT2D eigenvalue weighted by Crippen LogP contribution is -2.24. The number of rotatable bonds is 2. The molecule has 0 amide bonds. The summed E-state index contributed by atoms with van der Waals surface area (Å²) < 4.78 is 5.59. The third-order valence-electron chi connectivity index (χ3n) is 2.22. The van der Waals surface area contributed by atoms with Crippen LogP contribution in [0.3, 0.4) is 0 Å². The fraction of sp³-hybridized carbons (Fsp3) is 0.643. The van der Waals surface area contributed by atoms with Gasteiger partial charge in [0, 0.05) is 12.3 Å². The van der Waals surface area contributed by atoms with E-state index in [0.717, 1.165) is 5.88 Å². The molecule has 0 N–H and O–H groups in total. The highest BCUT2D eigenvalue weighted by atomic mass is 16.5. The van der Waals surface area contributed by atoms with Gasteiger partial charge in [0.05, 0.1) is 0 Å². The average Bonchev–Trinajstić information content (AvgIpc) is 2.31. The van der Waals surface area contributed by atoms with Gasteiger partial charge in [0.1, 0.15) is 6.10 Å². The molecule has 1 aliphatic carbocycles. The van der Waals surface area contributed by atoms with Crippen LogP contribution in [0.25, 0.3) is 0 Å². The smallest absolute Gasteiger partial charge is 0.213 e. The average molecular weight is 223 g/mol. The Labute approximate surface area is 100 Å². The van der Waals surface area contributed by atoms with Crippen LogP contribution in [-0.2, 0) is 0 Å². The zero-order chi connectivity index (χ0) is 12.4. The molecule has 2 heteroatoms. The van der Waals surface area contributed by atoms with E-state index < -0.39 is 0 Å². The van der Waals surface area contributed by atoms with Crippen LogP contribution in [0.1, 0.15) is 52.5 Å². The Kier molecular flexibility index (Phi) is 8.59. The minimum absolute atomic E-state index is 0.431. The van der Waals surface area contributed by atoms with Gasteiger partial charge in [-0.25, -0.2) is 4.98 Å². The second-order valence-electron chi connectivity index (χ2n) is 3.34. The number of aromatic nitrogens is 1. The van der Waals surface area contributed by atoms with Gasteiger partial charge in [0.25, 0.3) is 0 Å². The van der Waals surface area contributed by atoms with Crippen molar-refractivity contribution >= 4 is 0 Å². The first-order valence-electron chi connectivity index (χ1n) is 6.44. The first-order chi connectivity index (χ1) is 7.84. The minimum atomic E-state index is 0.431. The van der Waals surface area contributed by atoms with Crippen LogP contribution in [0.2, 0.25) is 0 Å². The topological polar surface area (TPSA) is 22.1 Å². The molecule has 1 aromatic heterocycles. The van der Waals surface area contributed by atoms with E-state index >= 15 is 0 Å². The number of nitrogens with zero attached hydrogens (tertiary/aromatic N) is 1. The van der Waals surface area contributed by atoms with Gasteiger partial charge in [-0.3, -0.25) is 0 Å². The molecule has 1 fully saturated rings. The number of pyridine rings is 1. The zero-order valence-corrected chi connectivity index (χ0v) is 11.3. The van der Waals surface area contributed by atoms with E-state index in [0.29, 0.717) is 6.10 Å². The molecule has 0 unspecified atom stereocenters. The van der Waals surface area contributed by atoms with Crippen LogP contribution in [0.5, 0.6) is 5.88 Å². The Morgan fingerprint density at radius 3 is 2.12 bits per heavy atom. The monoisotopic (exact) mass is 223 g/mol. The third kappa shape index (κ3) is 5.15. The number of hydrogen-bond acceptors (Lipinski definition) is 2. The van der Waals surface area contributed by atoms with Crippen LogP contribution in [0, 0.1) is 6.92 Å². The lowest BCUT2D eigenvalue weighted by atomic mass is 9.96. The first-order valence-corrected chi connectivity index (χ1v) is 6.44. The Hall–Kier alpha value is -1.05. The molecule has 0 spiro atoms. The SMILES string of the molecule is CC.CC.Cc1ccc(OC2CCC2)nc1. The second-order valence-corrected chi connectivity index (χ2v) is 3.34. The van der Waals surface area contributed by atoms with Crippen LogP contribution in [-0.4, -0.2) is 11.1 Å². The van der Waals surface area contributed by atoms with Crippen LogP contribution in [0.4, 0.5) is 0 Å². The van der Waals surface area contributed by atoms with Crippen molar-refractivity contribution in [1.82, 2.24) is 4.98 Å². The summed E-state index contributed by atoms with van der Waals surface area (Å²) in [5.74, 6) is 0.769. The van der Waals surface area contributed by atoms with E-state index in [9.17, 15) is 0 Å².